The van der Waals surface area contributed by atoms with E-state index in [0.717, 1.165) is 12.1 Å². The summed E-state index contributed by atoms with van der Waals surface area (Å²) in [6.07, 6.45) is 0. The number of nitrogen functional groups attached to an aromatic ring is 1. The van der Waals surface area contributed by atoms with Gasteiger partial charge in [-0.1, -0.05) is 18.2 Å². The number of hydrogen-bond acceptors (Lipinski definition) is 3. The van der Waals surface area contributed by atoms with Gasteiger partial charge in [0.1, 0.15) is 0 Å². The van der Waals surface area contributed by atoms with Gasteiger partial charge >= 0.3 is 0 Å². The molecule has 102 valence electrons. The van der Waals surface area contributed by atoms with Crippen LogP contribution in [0.5, 0.6) is 0 Å². The number of benzene rings is 2. The quantitative estimate of drug-likeness (QED) is 0.785. The summed E-state index contributed by atoms with van der Waals surface area (Å²) in [5, 5.41) is 4.83. The summed E-state index contributed by atoms with van der Waals surface area (Å²) in [5.41, 5.74) is 5.35. The van der Waals surface area contributed by atoms with Crippen molar-refractivity contribution in [2.45, 2.75) is 4.90 Å². The van der Waals surface area contributed by atoms with Crippen LogP contribution in [0.15, 0.2) is 53.4 Å². The van der Waals surface area contributed by atoms with Gasteiger partial charge in [0, 0.05) is 5.69 Å². The van der Waals surface area contributed by atoms with Crippen molar-refractivity contribution in [3.05, 3.63) is 60.2 Å². The van der Waals surface area contributed by atoms with Gasteiger partial charge in [-0.15, -0.1) is 0 Å². The molecule has 2 aromatic carbocycles. The van der Waals surface area contributed by atoms with E-state index >= 15 is 0 Å². The molecule has 0 saturated heterocycles. The third-order valence-electron chi connectivity index (χ3n) is 2.02. The highest BCUT2D eigenvalue weighted by molar-refractivity contribution is 7.89. The number of rotatable bonds is 1. The smallest absolute Gasteiger partial charge is 0.238 e. The number of nitrogens with two attached hydrogens (primary N) is 2. The maximum atomic E-state index is 12.1. The van der Waals surface area contributed by atoms with Crippen LogP contribution in [-0.4, -0.2) is 8.42 Å². The van der Waals surface area contributed by atoms with Crippen LogP contribution in [-0.2, 0) is 10.0 Å². The van der Waals surface area contributed by atoms with Crippen molar-refractivity contribution < 1.29 is 17.2 Å². The van der Waals surface area contributed by atoms with Crippen molar-refractivity contribution in [2.24, 2.45) is 5.14 Å². The number of hydrogen-bond donors (Lipinski definition) is 2. The minimum Gasteiger partial charge on any atom is -0.399 e. The summed E-state index contributed by atoms with van der Waals surface area (Å²) in [6, 6.07) is 11.1. The Morgan fingerprint density at radius 3 is 1.84 bits per heavy atom. The minimum absolute atomic E-state index is 0.148. The first-order valence-electron chi connectivity index (χ1n) is 5.09. The predicted molar refractivity (Wildman–Crippen MR) is 68.6 cm³/mol. The Bertz CT molecular complexity index is 646. The number of primary sulfonamides is 1. The zero-order valence-corrected chi connectivity index (χ0v) is 10.6. The molecule has 0 unspecified atom stereocenters. The van der Waals surface area contributed by atoms with Crippen molar-refractivity contribution in [3.63, 3.8) is 0 Å². The number of halogens is 2. The molecule has 7 heteroatoms. The molecule has 0 fully saturated rings. The van der Waals surface area contributed by atoms with Crippen LogP contribution in [0.1, 0.15) is 0 Å². The van der Waals surface area contributed by atoms with E-state index in [0.29, 0.717) is 0 Å². The van der Waals surface area contributed by atoms with Gasteiger partial charge in [-0.3, -0.25) is 0 Å². The molecule has 2 rings (SSSR count). The fourth-order valence-electron chi connectivity index (χ4n) is 1.12. The summed E-state index contributed by atoms with van der Waals surface area (Å²) < 4.78 is 45.4. The highest BCUT2D eigenvalue weighted by Gasteiger charge is 2.03. The van der Waals surface area contributed by atoms with E-state index < -0.39 is 21.7 Å². The van der Waals surface area contributed by atoms with E-state index in [2.05, 4.69) is 0 Å². The standard InChI is InChI=1S/C6H5F2N.C6H7NO2S/c7-5-2-1-4(9)3-6(5)8;7-10(8,9)6-4-2-1-3-5-6/h1-3H,9H2;1-5H,(H2,7,8,9). The Morgan fingerprint density at radius 1 is 0.895 bits per heavy atom. The van der Waals surface area contributed by atoms with Crippen LogP contribution in [0.25, 0.3) is 0 Å². The lowest BCUT2D eigenvalue weighted by molar-refractivity contribution is 0.509. The second-order valence-corrected chi connectivity index (χ2v) is 5.09. The second-order valence-electron chi connectivity index (χ2n) is 3.53. The van der Waals surface area contributed by atoms with Gasteiger partial charge in [0.15, 0.2) is 11.6 Å². The largest absolute Gasteiger partial charge is 0.399 e. The Kier molecular flexibility index (Phi) is 4.96. The van der Waals surface area contributed by atoms with E-state index in [9.17, 15) is 17.2 Å². The highest BCUT2D eigenvalue weighted by atomic mass is 32.2. The molecule has 4 N–H and O–H groups in total. The van der Waals surface area contributed by atoms with Gasteiger partial charge in [0.25, 0.3) is 0 Å². The molecular weight excluding hydrogens is 274 g/mol. The highest BCUT2D eigenvalue weighted by Crippen LogP contribution is 2.08. The van der Waals surface area contributed by atoms with E-state index in [1.54, 1.807) is 18.2 Å². The number of sulfonamides is 1. The molecule has 0 aliphatic carbocycles. The monoisotopic (exact) mass is 286 g/mol. The Hall–Kier alpha value is -1.99. The topological polar surface area (TPSA) is 86.2 Å². The first-order valence-corrected chi connectivity index (χ1v) is 6.63. The molecule has 0 aliphatic heterocycles. The first-order chi connectivity index (χ1) is 8.80. The summed E-state index contributed by atoms with van der Waals surface area (Å²) >= 11 is 0. The third-order valence-corrected chi connectivity index (χ3v) is 2.94. The molecule has 0 aromatic heterocycles. The molecule has 0 radical (unpaired) electrons. The average molecular weight is 286 g/mol. The molecular formula is C12H12F2N2O2S. The fraction of sp³-hybridized carbons (Fsp3) is 0. The molecule has 19 heavy (non-hydrogen) atoms. The van der Waals surface area contributed by atoms with Gasteiger partial charge < -0.3 is 5.73 Å². The summed E-state index contributed by atoms with van der Waals surface area (Å²) in [7, 11) is -3.50. The van der Waals surface area contributed by atoms with Crippen molar-refractivity contribution in [3.8, 4) is 0 Å². The zero-order chi connectivity index (χ0) is 14.5. The van der Waals surface area contributed by atoms with Crippen LogP contribution >= 0.6 is 0 Å². The van der Waals surface area contributed by atoms with Crippen molar-refractivity contribution in [1.29, 1.82) is 0 Å². The van der Waals surface area contributed by atoms with E-state index in [4.69, 9.17) is 10.9 Å². The van der Waals surface area contributed by atoms with Crippen molar-refractivity contribution >= 4 is 15.7 Å². The lowest BCUT2D eigenvalue weighted by Crippen LogP contribution is -2.11. The normalized spacial score (nSPS) is 10.5. The number of anilines is 1. The molecule has 0 atom stereocenters. The third kappa shape index (κ3) is 5.02. The molecule has 0 amide bonds. The van der Waals surface area contributed by atoms with Crippen LogP contribution in [0, 0.1) is 11.6 Å². The van der Waals surface area contributed by atoms with Crippen LogP contribution in [0.3, 0.4) is 0 Å². The molecule has 0 bridgehead atoms. The predicted octanol–water partition coefficient (Wildman–Crippen LogP) is 1.88. The van der Waals surface area contributed by atoms with Gasteiger partial charge in [0.2, 0.25) is 10.0 Å². The molecule has 0 saturated carbocycles. The van der Waals surface area contributed by atoms with Crippen LogP contribution in [0.4, 0.5) is 14.5 Å². The van der Waals surface area contributed by atoms with Crippen LogP contribution in [0.2, 0.25) is 0 Å². The Balaban J connectivity index is 0.000000191. The van der Waals surface area contributed by atoms with E-state index in [1.807, 2.05) is 0 Å². The van der Waals surface area contributed by atoms with E-state index in [-0.39, 0.29) is 10.6 Å². The molecule has 0 aliphatic rings. The molecule has 2 aromatic rings. The van der Waals surface area contributed by atoms with Gasteiger partial charge in [-0.25, -0.2) is 22.3 Å². The zero-order valence-electron chi connectivity index (χ0n) is 9.75. The summed E-state index contributed by atoms with van der Waals surface area (Å²) in [6.45, 7) is 0. The molecule has 4 nitrogen and oxygen atoms in total. The van der Waals surface area contributed by atoms with E-state index in [1.165, 1.54) is 18.2 Å². The van der Waals surface area contributed by atoms with Crippen molar-refractivity contribution in [1.82, 2.24) is 0 Å². The summed E-state index contributed by atoms with van der Waals surface area (Å²) in [4.78, 5) is 0.148. The van der Waals surface area contributed by atoms with Crippen molar-refractivity contribution in [2.75, 3.05) is 5.73 Å². The Morgan fingerprint density at radius 2 is 1.47 bits per heavy atom. The van der Waals surface area contributed by atoms with Gasteiger partial charge in [0.05, 0.1) is 4.90 Å². The first kappa shape index (κ1) is 15.1. The fourth-order valence-corrected chi connectivity index (χ4v) is 1.66. The lowest BCUT2D eigenvalue weighted by atomic mass is 10.3. The molecule has 0 heterocycles. The summed E-state index contributed by atoms with van der Waals surface area (Å²) in [5.74, 6) is -1.78. The Labute approximate surface area is 109 Å². The second kappa shape index (κ2) is 6.26. The minimum atomic E-state index is -3.50. The lowest BCUT2D eigenvalue weighted by Gasteiger charge is -1.93. The molecule has 0 spiro atoms. The van der Waals surface area contributed by atoms with Gasteiger partial charge in [-0.05, 0) is 30.3 Å². The SMILES string of the molecule is NS(=O)(=O)c1ccccc1.Nc1ccc(F)c(F)c1. The average Bonchev–Trinajstić information content (AvgIpc) is 2.35. The maximum absolute atomic E-state index is 12.1. The maximum Gasteiger partial charge on any atom is 0.238 e. The van der Waals surface area contributed by atoms with Crippen LogP contribution < -0.4 is 10.9 Å². The van der Waals surface area contributed by atoms with Gasteiger partial charge in [-0.2, -0.15) is 0 Å².